The molecule has 2 fully saturated rings. The molecule has 0 radical (unpaired) electrons. The van der Waals surface area contributed by atoms with E-state index in [1.165, 1.54) is 5.56 Å². The van der Waals surface area contributed by atoms with Crippen molar-refractivity contribution in [3.05, 3.63) is 48.0 Å². The summed E-state index contributed by atoms with van der Waals surface area (Å²) < 4.78 is 12.2. The van der Waals surface area contributed by atoms with Gasteiger partial charge in [-0.1, -0.05) is 0 Å². The van der Waals surface area contributed by atoms with Gasteiger partial charge >= 0.3 is 0 Å². The number of rotatable bonds is 4. The van der Waals surface area contributed by atoms with Gasteiger partial charge in [0.25, 0.3) is 0 Å². The molecule has 0 aromatic carbocycles. The molecule has 1 spiro atoms. The molecule has 2 aliphatic rings. The molecule has 0 aliphatic carbocycles. The van der Waals surface area contributed by atoms with E-state index < -0.39 is 0 Å². The van der Waals surface area contributed by atoms with Crippen LogP contribution in [-0.4, -0.2) is 46.4 Å². The van der Waals surface area contributed by atoms with Gasteiger partial charge in [-0.25, -0.2) is 9.97 Å². The highest BCUT2D eigenvalue weighted by molar-refractivity contribution is 5.37. The van der Waals surface area contributed by atoms with Crippen molar-refractivity contribution in [1.82, 2.24) is 15.0 Å². The standard InChI is InChI=1S/C18H22N4O2/c1-14-3-7-19-10-15(14)11-23-16-4-8-24-18(9-16)12-22(13-18)17-20-5-2-6-21-17/h2-3,5-7,10,16H,4,8-9,11-13H2,1H3. The topological polar surface area (TPSA) is 60.4 Å². The molecule has 4 rings (SSSR count). The molecule has 0 amide bonds. The van der Waals surface area contributed by atoms with Crippen molar-refractivity contribution in [3.8, 4) is 0 Å². The Hall–Kier alpha value is -2.05. The van der Waals surface area contributed by atoms with Gasteiger partial charge in [0.1, 0.15) is 5.60 Å². The second-order valence-electron chi connectivity index (χ2n) is 6.66. The van der Waals surface area contributed by atoms with Crippen LogP contribution in [0.3, 0.4) is 0 Å². The Morgan fingerprint density at radius 1 is 1.29 bits per heavy atom. The number of aromatic nitrogens is 3. The van der Waals surface area contributed by atoms with Crippen LogP contribution >= 0.6 is 0 Å². The zero-order chi connectivity index (χ0) is 16.4. The smallest absolute Gasteiger partial charge is 0.225 e. The van der Waals surface area contributed by atoms with E-state index in [0.717, 1.165) is 44.0 Å². The predicted molar refractivity (Wildman–Crippen MR) is 89.7 cm³/mol. The predicted octanol–water partition coefficient (Wildman–Crippen LogP) is 2.13. The summed E-state index contributed by atoms with van der Waals surface area (Å²) in [5.41, 5.74) is 2.28. The Morgan fingerprint density at radius 3 is 2.92 bits per heavy atom. The highest BCUT2D eigenvalue weighted by Gasteiger charge is 2.48. The molecular formula is C18H22N4O2. The molecule has 126 valence electrons. The van der Waals surface area contributed by atoms with Crippen LogP contribution in [0.15, 0.2) is 36.9 Å². The summed E-state index contributed by atoms with van der Waals surface area (Å²) in [6, 6.07) is 3.86. The molecule has 2 aromatic heterocycles. The molecule has 2 aliphatic heterocycles. The van der Waals surface area contributed by atoms with Gasteiger partial charge in [-0.3, -0.25) is 4.98 Å². The van der Waals surface area contributed by atoms with E-state index in [4.69, 9.17) is 9.47 Å². The third-order valence-corrected chi connectivity index (χ3v) is 4.86. The normalized spacial score (nSPS) is 22.4. The summed E-state index contributed by atoms with van der Waals surface area (Å²) in [5, 5.41) is 0. The zero-order valence-electron chi connectivity index (χ0n) is 13.9. The molecule has 2 aromatic rings. The lowest BCUT2D eigenvalue weighted by molar-refractivity contribution is -0.148. The number of hydrogen-bond acceptors (Lipinski definition) is 6. The molecule has 0 bridgehead atoms. The summed E-state index contributed by atoms with van der Waals surface area (Å²) in [6.07, 6.45) is 9.36. The first kappa shape index (κ1) is 15.5. The van der Waals surface area contributed by atoms with Crippen molar-refractivity contribution in [2.45, 2.75) is 38.1 Å². The first-order chi connectivity index (χ1) is 11.7. The minimum absolute atomic E-state index is 0.105. The van der Waals surface area contributed by atoms with Crippen molar-refractivity contribution in [1.29, 1.82) is 0 Å². The van der Waals surface area contributed by atoms with Crippen LogP contribution in [-0.2, 0) is 16.1 Å². The Kier molecular flexibility index (Phi) is 4.16. The highest BCUT2D eigenvalue weighted by Crippen LogP contribution is 2.36. The fraction of sp³-hybridized carbons (Fsp3) is 0.500. The van der Waals surface area contributed by atoms with Gasteiger partial charge in [0.15, 0.2) is 0 Å². The van der Waals surface area contributed by atoms with Crippen LogP contribution in [0.25, 0.3) is 0 Å². The van der Waals surface area contributed by atoms with E-state index in [9.17, 15) is 0 Å². The third kappa shape index (κ3) is 3.12. The Labute approximate surface area is 141 Å². The summed E-state index contributed by atoms with van der Waals surface area (Å²) in [5.74, 6) is 0.778. The first-order valence-corrected chi connectivity index (χ1v) is 8.41. The maximum atomic E-state index is 6.15. The molecule has 6 nitrogen and oxygen atoms in total. The summed E-state index contributed by atoms with van der Waals surface area (Å²) >= 11 is 0. The second-order valence-corrected chi connectivity index (χ2v) is 6.66. The Morgan fingerprint density at radius 2 is 2.12 bits per heavy atom. The molecule has 24 heavy (non-hydrogen) atoms. The molecule has 2 saturated heterocycles. The highest BCUT2D eigenvalue weighted by atomic mass is 16.5. The van der Waals surface area contributed by atoms with Gasteiger partial charge in [0.05, 0.1) is 25.8 Å². The van der Waals surface area contributed by atoms with Gasteiger partial charge in [0, 0.05) is 37.8 Å². The molecule has 4 heterocycles. The number of anilines is 1. The van der Waals surface area contributed by atoms with Crippen LogP contribution in [0.1, 0.15) is 24.0 Å². The molecule has 0 saturated carbocycles. The van der Waals surface area contributed by atoms with Crippen LogP contribution in [0.5, 0.6) is 0 Å². The lowest BCUT2D eigenvalue weighted by Gasteiger charge is -2.52. The summed E-state index contributed by atoms with van der Waals surface area (Å²) in [4.78, 5) is 15.0. The maximum Gasteiger partial charge on any atom is 0.225 e. The minimum atomic E-state index is -0.105. The third-order valence-electron chi connectivity index (χ3n) is 4.86. The van der Waals surface area contributed by atoms with Crippen molar-refractivity contribution in [2.24, 2.45) is 0 Å². The average Bonchev–Trinajstić information content (AvgIpc) is 2.60. The monoisotopic (exact) mass is 326 g/mol. The number of aryl methyl sites for hydroxylation is 1. The average molecular weight is 326 g/mol. The lowest BCUT2D eigenvalue weighted by Crippen LogP contribution is -2.66. The van der Waals surface area contributed by atoms with Crippen molar-refractivity contribution < 1.29 is 9.47 Å². The molecule has 0 N–H and O–H groups in total. The lowest BCUT2D eigenvalue weighted by atomic mass is 9.85. The molecule has 1 unspecified atom stereocenters. The van der Waals surface area contributed by atoms with Crippen molar-refractivity contribution in [3.63, 3.8) is 0 Å². The Balaban J connectivity index is 1.33. The minimum Gasteiger partial charge on any atom is -0.373 e. The molecule has 1 atom stereocenters. The fourth-order valence-corrected chi connectivity index (χ4v) is 3.45. The zero-order valence-corrected chi connectivity index (χ0v) is 13.9. The number of nitrogens with zero attached hydrogens (tertiary/aromatic N) is 4. The van der Waals surface area contributed by atoms with Crippen LogP contribution in [0.2, 0.25) is 0 Å². The van der Waals surface area contributed by atoms with Gasteiger partial charge in [-0.05, 0) is 36.6 Å². The van der Waals surface area contributed by atoms with E-state index in [1.54, 1.807) is 12.4 Å². The molecule has 6 heteroatoms. The van der Waals surface area contributed by atoms with Gasteiger partial charge in [0.2, 0.25) is 5.95 Å². The number of pyridine rings is 1. The van der Waals surface area contributed by atoms with E-state index in [-0.39, 0.29) is 11.7 Å². The van der Waals surface area contributed by atoms with Crippen LogP contribution < -0.4 is 4.90 Å². The Bertz CT molecular complexity index is 688. The first-order valence-electron chi connectivity index (χ1n) is 8.41. The van der Waals surface area contributed by atoms with Crippen molar-refractivity contribution in [2.75, 3.05) is 24.6 Å². The largest absolute Gasteiger partial charge is 0.373 e. The van der Waals surface area contributed by atoms with E-state index >= 15 is 0 Å². The SMILES string of the molecule is Cc1ccncc1COC1CCOC2(C1)CN(c1ncccn1)C2. The maximum absolute atomic E-state index is 6.15. The van der Waals surface area contributed by atoms with Gasteiger partial charge in [-0.2, -0.15) is 0 Å². The van der Waals surface area contributed by atoms with Gasteiger partial charge < -0.3 is 14.4 Å². The quantitative estimate of drug-likeness (QED) is 0.858. The van der Waals surface area contributed by atoms with Crippen LogP contribution in [0.4, 0.5) is 5.95 Å². The van der Waals surface area contributed by atoms with Gasteiger partial charge in [-0.15, -0.1) is 0 Å². The van der Waals surface area contributed by atoms with E-state index in [1.807, 2.05) is 24.5 Å². The van der Waals surface area contributed by atoms with Crippen molar-refractivity contribution >= 4 is 5.95 Å². The van der Waals surface area contributed by atoms with Crippen LogP contribution in [0, 0.1) is 6.92 Å². The molecular weight excluding hydrogens is 304 g/mol. The van der Waals surface area contributed by atoms with E-state index in [2.05, 4.69) is 26.8 Å². The number of ether oxygens (including phenoxy) is 2. The van der Waals surface area contributed by atoms with E-state index in [0.29, 0.717) is 6.61 Å². The second kappa shape index (κ2) is 6.45. The summed E-state index contributed by atoms with van der Waals surface area (Å²) in [6.45, 7) is 5.13. The fourth-order valence-electron chi connectivity index (χ4n) is 3.45. The number of hydrogen-bond donors (Lipinski definition) is 0. The summed E-state index contributed by atoms with van der Waals surface area (Å²) in [7, 11) is 0.